The normalized spacial score (nSPS) is 29.0. The molecule has 0 aromatic carbocycles. The average molecular weight is 599 g/mol. The fourth-order valence-electron chi connectivity index (χ4n) is 4.85. The molecule has 2 fully saturated rings. The molecule has 2 aromatic heterocycles. The summed E-state index contributed by atoms with van der Waals surface area (Å²) in [5.74, 6) is -0.0503. The molecule has 236 valence electrons. The molecule has 0 bridgehead atoms. The SMILES string of the molecule is CCCOC1[C@@H](C)[C@@H](CO)O[C@H]1n1cc(C)c(=O)[nH]c1=O.CCCOC1[C@@H](O)[C@@H](CO)O[C@H]1n1cc(C)c(=O)[nH]c1=O. The van der Waals surface area contributed by atoms with Crippen LogP contribution in [0.3, 0.4) is 0 Å². The number of aliphatic hydroxyl groups excluding tert-OH is 3. The second kappa shape index (κ2) is 15.0. The Hall–Kier alpha value is -2.92. The molecule has 2 aromatic rings. The van der Waals surface area contributed by atoms with Crippen molar-refractivity contribution in [1.82, 2.24) is 19.1 Å². The number of aryl methyl sites for hydroxylation is 2. The molecule has 15 nitrogen and oxygen atoms in total. The van der Waals surface area contributed by atoms with Crippen molar-refractivity contribution in [2.45, 2.75) is 90.4 Å². The Balaban J connectivity index is 0.000000230. The van der Waals surface area contributed by atoms with Crippen LogP contribution in [0, 0.1) is 19.8 Å². The van der Waals surface area contributed by atoms with Crippen molar-refractivity contribution in [3.63, 3.8) is 0 Å². The van der Waals surface area contributed by atoms with Gasteiger partial charge in [-0.15, -0.1) is 0 Å². The molecule has 2 aliphatic rings. The van der Waals surface area contributed by atoms with Gasteiger partial charge in [0, 0.05) is 42.7 Å². The molecule has 8 atom stereocenters. The highest BCUT2D eigenvalue weighted by Crippen LogP contribution is 2.35. The topological polar surface area (TPSA) is 207 Å². The van der Waals surface area contributed by atoms with Crippen LogP contribution in [-0.2, 0) is 18.9 Å². The Morgan fingerprint density at radius 2 is 1.21 bits per heavy atom. The zero-order valence-corrected chi connectivity index (χ0v) is 24.5. The van der Waals surface area contributed by atoms with E-state index in [2.05, 4.69) is 9.97 Å². The van der Waals surface area contributed by atoms with E-state index in [0.29, 0.717) is 24.3 Å². The van der Waals surface area contributed by atoms with Crippen LogP contribution in [0.5, 0.6) is 0 Å². The van der Waals surface area contributed by atoms with Crippen LogP contribution in [0.15, 0.2) is 31.6 Å². The summed E-state index contributed by atoms with van der Waals surface area (Å²) in [6, 6.07) is 0. The molecule has 15 heteroatoms. The van der Waals surface area contributed by atoms with Crippen LogP contribution in [0.4, 0.5) is 0 Å². The van der Waals surface area contributed by atoms with E-state index >= 15 is 0 Å². The second-order valence-electron chi connectivity index (χ2n) is 10.5. The van der Waals surface area contributed by atoms with Crippen molar-refractivity contribution in [3.8, 4) is 0 Å². The van der Waals surface area contributed by atoms with Crippen LogP contribution in [0.2, 0.25) is 0 Å². The van der Waals surface area contributed by atoms with Crippen LogP contribution in [0.1, 0.15) is 57.2 Å². The zero-order chi connectivity index (χ0) is 31.1. The van der Waals surface area contributed by atoms with Gasteiger partial charge in [0.25, 0.3) is 11.1 Å². The maximum Gasteiger partial charge on any atom is 0.330 e. The Morgan fingerprint density at radius 3 is 1.67 bits per heavy atom. The van der Waals surface area contributed by atoms with Crippen molar-refractivity contribution in [2.24, 2.45) is 5.92 Å². The summed E-state index contributed by atoms with van der Waals surface area (Å²) in [5.41, 5.74) is -1.30. The molecule has 4 heterocycles. The molecule has 0 saturated carbocycles. The van der Waals surface area contributed by atoms with Crippen LogP contribution in [-0.4, -0.2) is 91.4 Å². The number of hydrogen-bond acceptors (Lipinski definition) is 11. The summed E-state index contributed by atoms with van der Waals surface area (Å²) in [5, 5.41) is 28.7. The van der Waals surface area contributed by atoms with Gasteiger partial charge < -0.3 is 34.3 Å². The van der Waals surface area contributed by atoms with Crippen molar-refractivity contribution in [1.29, 1.82) is 0 Å². The Kier molecular flexibility index (Phi) is 12.0. The van der Waals surface area contributed by atoms with Gasteiger partial charge in [0.05, 0.1) is 19.3 Å². The van der Waals surface area contributed by atoms with E-state index in [9.17, 15) is 34.5 Å². The quantitative estimate of drug-likeness (QED) is 0.225. The first-order chi connectivity index (χ1) is 20.0. The first-order valence-electron chi connectivity index (χ1n) is 14.1. The van der Waals surface area contributed by atoms with E-state index < -0.39 is 59.4 Å². The molecule has 0 aliphatic carbocycles. The minimum Gasteiger partial charge on any atom is -0.394 e. The lowest BCUT2D eigenvalue weighted by Gasteiger charge is -2.23. The van der Waals surface area contributed by atoms with Gasteiger partial charge >= 0.3 is 11.4 Å². The maximum atomic E-state index is 12.0. The largest absolute Gasteiger partial charge is 0.394 e. The van der Waals surface area contributed by atoms with Crippen LogP contribution in [0.25, 0.3) is 0 Å². The Morgan fingerprint density at radius 1 is 0.786 bits per heavy atom. The van der Waals surface area contributed by atoms with Gasteiger partial charge in [0.2, 0.25) is 0 Å². The average Bonchev–Trinajstić information content (AvgIpc) is 3.45. The lowest BCUT2D eigenvalue weighted by Crippen LogP contribution is -2.40. The molecule has 0 radical (unpaired) electrons. The van der Waals surface area contributed by atoms with Crippen molar-refractivity contribution in [2.75, 3.05) is 26.4 Å². The third kappa shape index (κ3) is 7.34. The summed E-state index contributed by atoms with van der Waals surface area (Å²) < 4.78 is 25.1. The number of nitrogens with one attached hydrogen (secondary N) is 2. The summed E-state index contributed by atoms with van der Waals surface area (Å²) >= 11 is 0. The monoisotopic (exact) mass is 598 g/mol. The predicted octanol–water partition coefficient (Wildman–Crippen LogP) is -0.943. The van der Waals surface area contributed by atoms with Gasteiger partial charge in [-0.2, -0.15) is 0 Å². The number of hydrogen-bond donors (Lipinski definition) is 5. The van der Waals surface area contributed by atoms with Gasteiger partial charge in [-0.1, -0.05) is 20.8 Å². The molecule has 2 saturated heterocycles. The third-order valence-corrected chi connectivity index (χ3v) is 7.24. The van der Waals surface area contributed by atoms with Crippen molar-refractivity contribution in [3.05, 3.63) is 65.2 Å². The number of ether oxygens (including phenoxy) is 4. The second-order valence-corrected chi connectivity index (χ2v) is 10.5. The van der Waals surface area contributed by atoms with Gasteiger partial charge in [-0.25, -0.2) is 9.59 Å². The van der Waals surface area contributed by atoms with Crippen LogP contribution >= 0.6 is 0 Å². The van der Waals surface area contributed by atoms with E-state index in [1.807, 2.05) is 20.8 Å². The molecular formula is C27H42N4O11. The lowest BCUT2D eigenvalue weighted by molar-refractivity contribution is -0.0742. The highest BCUT2D eigenvalue weighted by molar-refractivity contribution is 5.04. The minimum absolute atomic E-state index is 0.0503. The van der Waals surface area contributed by atoms with Gasteiger partial charge in [-0.3, -0.25) is 28.7 Å². The Labute approximate surface area is 241 Å². The minimum atomic E-state index is -1.05. The van der Waals surface area contributed by atoms with Crippen LogP contribution < -0.4 is 22.5 Å². The molecule has 5 N–H and O–H groups in total. The summed E-state index contributed by atoms with van der Waals surface area (Å²) in [4.78, 5) is 51.3. The number of aliphatic hydroxyl groups is 3. The van der Waals surface area contributed by atoms with Gasteiger partial charge in [0.15, 0.2) is 12.5 Å². The van der Waals surface area contributed by atoms with Crippen molar-refractivity contribution < 1.29 is 34.3 Å². The number of rotatable bonds is 10. The molecule has 2 unspecified atom stereocenters. The first-order valence-corrected chi connectivity index (χ1v) is 14.1. The molecule has 0 amide bonds. The number of aromatic amines is 2. The molecule has 0 spiro atoms. The summed E-state index contributed by atoms with van der Waals surface area (Å²) in [7, 11) is 0. The molecule has 42 heavy (non-hydrogen) atoms. The highest BCUT2D eigenvalue weighted by Gasteiger charge is 2.46. The van der Waals surface area contributed by atoms with Gasteiger partial charge in [0.1, 0.15) is 24.4 Å². The zero-order valence-electron chi connectivity index (χ0n) is 24.5. The highest BCUT2D eigenvalue weighted by atomic mass is 16.6. The van der Waals surface area contributed by atoms with Gasteiger partial charge in [-0.05, 0) is 26.7 Å². The van der Waals surface area contributed by atoms with E-state index in [4.69, 9.17) is 18.9 Å². The maximum absolute atomic E-state index is 12.0. The first kappa shape index (κ1) is 33.6. The van der Waals surface area contributed by atoms with E-state index in [1.54, 1.807) is 13.8 Å². The molecule has 4 rings (SSSR count). The van der Waals surface area contributed by atoms with E-state index in [-0.39, 0.29) is 25.2 Å². The standard InChI is InChI=1S/C14H22N2O5.C13H20N2O6/c1-4-5-20-11-9(3)10(7-17)21-13(11)16-6-8(2)12(18)15-14(16)19;1-3-4-20-10-9(17)8(6-16)21-12(10)15-5-7(2)11(18)14-13(15)19/h6,9-11,13,17H,4-5,7H2,1-3H3,(H,15,18,19);5,8-10,12,16-17H,3-4,6H2,1-2H3,(H,14,18,19)/t9-,10+,11?,13+;8-,9+,10?,12-/m01/s1. The third-order valence-electron chi connectivity index (χ3n) is 7.24. The lowest BCUT2D eigenvalue weighted by atomic mass is 10.0. The van der Waals surface area contributed by atoms with Crippen molar-refractivity contribution >= 4 is 0 Å². The Bertz CT molecular complexity index is 1290. The van der Waals surface area contributed by atoms with E-state index in [1.165, 1.54) is 21.5 Å². The van der Waals surface area contributed by atoms with E-state index in [0.717, 1.165) is 12.8 Å². The summed E-state index contributed by atoms with van der Waals surface area (Å²) in [6.45, 7) is 9.42. The number of H-pyrrole nitrogens is 2. The smallest absolute Gasteiger partial charge is 0.330 e. The fourth-order valence-corrected chi connectivity index (χ4v) is 4.85. The number of aromatic nitrogens is 4. The molecular weight excluding hydrogens is 556 g/mol. The molecule has 2 aliphatic heterocycles. The predicted molar refractivity (Wildman–Crippen MR) is 149 cm³/mol. The fraction of sp³-hybridized carbons (Fsp3) is 0.704. The summed E-state index contributed by atoms with van der Waals surface area (Å²) in [6.07, 6.45) is -0.536. The number of nitrogens with zero attached hydrogens (tertiary/aromatic N) is 2.